The van der Waals surface area contributed by atoms with Crippen molar-refractivity contribution >= 4 is 5.91 Å². The largest absolute Gasteiger partial charge is 0.497 e. The number of methoxy groups -OCH3 is 2. The van der Waals surface area contributed by atoms with E-state index in [0.29, 0.717) is 23.7 Å². The van der Waals surface area contributed by atoms with E-state index in [1.807, 2.05) is 6.92 Å². The van der Waals surface area contributed by atoms with Crippen molar-refractivity contribution in [3.63, 3.8) is 0 Å². The summed E-state index contributed by atoms with van der Waals surface area (Å²) in [6.45, 7) is 1.98. The number of hydrogen-bond acceptors (Lipinski definition) is 5. The summed E-state index contributed by atoms with van der Waals surface area (Å²) in [6, 6.07) is 4.96. The molecule has 1 aromatic carbocycles. The van der Waals surface area contributed by atoms with E-state index in [1.165, 1.54) is 0 Å². The molecule has 20 heavy (non-hydrogen) atoms. The molecule has 0 radical (unpaired) electrons. The molecular weight excluding hydrogens is 262 g/mol. The number of rotatable bonds is 8. The van der Waals surface area contributed by atoms with Crippen molar-refractivity contribution in [3.05, 3.63) is 23.8 Å². The fraction of sp³-hybridized carbons (Fsp3) is 0.500. The summed E-state index contributed by atoms with van der Waals surface area (Å²) in [4.78, 5) is 11.6. The summed E-state index contributed by atoms with van der Waals surface area (Å²) < 4.78 is 15.4. The number of hydrogen-bond donors (Lipinski definition) is 2. The van der Waals surface area contributed by atoms with E-state index in [0.717, 1.165) is 0 Å². The molecule has 0 bridgehead atoms. The Labute approximate surface area is 118 Å². The Morgan fingerprint density at radius 3 is 2.75 bits per heavy atom. The third-order valence-electron chi connectivity index (χ3n) is 2.62. The molecule has 112 valence electrons. The van der Waals surface area contributed by atoms with Gasteiger partial charge < -0.3 is 24.6 Å². The molecule has 1 atom stereocenters. The summed E-state index contributed by atoms with van der Waals surface area (Å²) >= 11 is 0. The second-order valence-electron chi connectivity index (χ2n) is 4.34. The number of carbonyl (C=O) groups excluding carboxylic acids is 1. The highest BCUT2D eigenvalue weighted by molar-refractivity contribution is 5.77. The Kier molecular flexibility index (Phi) is 6.83. The maximum absolute atomic E-state index is 11.6. The number of nitrogens with one attached hydrogen (secondary N) is 1. The van der Waals surface area contributed by atoms with Crippen LogP contribution in [0.4, 0.5) is 0 Å². The van der Waals surface area contributed by atoms with Gasteiger partial charge in [-0.3, -0.25) is 4.79 Å². The van der Waals surface area contributed by atoms with Gasteiger partial charge in [-0.05, 0) is 25.1 Å². The molecule has 0 spiro atoms. The highest BCUT2D eigenvalue weighted by Gasteiger charge is 2.10. The fourth-order valence-corrected chi connectivity index (χ4v) is 1.70. The van der Waals surface area contributed by atoms with Gasteiger partial charge in [-0.1, -0.05) is 0 Å². The number of aliphatic hydroxyl groups excluding tert-OH is 1. The van der Waals surface area contributed by atoms with Crippen LogP contribution in [0.3, 0.4) is 0 Å². The number of carbonyl (C=O) groups is 1. The minimum absolute atomic E-state index is 0.0794. The van der Waals surface area contributed by atoms with Crippen LogP contribution in [0, 0.1) is 0 Å². The zero-order valence-corrected chi connectivity index (χ0v) is 12.0. The van der Waals surface area contributed by atoms with Gasteiger partial charge in [0.05, 0.1) is 20.3 Å². The highest BCUT2D eigenvalue weighted by Crippen LogP contribution is 2.24. The van der Waals surface area contributed by atoms with E-state index in [2.05, 4.69) is 5.32 Å². The molecule has 0 aliphatic carbocycles. The molecule has 1 aromatic rings. The Bertz CT molecular complexity index is 436. The minimum atomic E-state index is -0.241. The molecule has 1 amide bonds. The number of ether oxygens (including phenoxy) is 3. The molecular formula is C14H21NO5. The van der Waals surface area contributed by atoms with Gasteiger partial charge in [-0.2, -0.15) is 0 Å². The lowest BCUT2D eigenvalue weighted by Crippen LogP contribution is -2.38. The van der Waals surface area contributed by atoms with Crippen LogP contribution in [0.25, 0.3) is 0 Å². The van der Waals surface area contributed by atoms with E-state index in [4.69, 9.17) is 14.2 Å². The van der Waals surface area contributed by atoms with Crippen LogP contribution in [0.1, 0.15) is 12.5 Å². The fourth-order valence-electron chi connectivity index (χ4n) is 1.70. The minimum Gasteiger partial charge on any atom is -0.497 e. The van der Waals surface area contributed by atoms with Crippen molar-refractivity contribution in [2.75, 3.05) is 27.4 Å². The van der Waals surface area contributed by atoms with Gasteiger partial charge in [0.1, 0.15) is 11.5 Å². The topological polar surface area (TPSA) is 77.0 Å². The molecule has 0 aromatic heterocycles. The van der Waals surface area contributed by atoms with Crippen molar-refractivity contribution in [2.45, 2.75) is 19.6 Å². The molecule has 0 saturated heterocycles. The van der Waals surface area contributed by atoms with Gasteiger partial charge in [0.2, 0.25) is 0 Å². The van der Waals surface area contributed by atoms with Crippen LogP contribution in [0.2, 0.25) is 0 Å². The van der Waals surface area contributed by atoms with Crippen molar-refractivity contribution in [1.29, 1.82) is 0 Å². The lowest BCUT2D eigenvalue weighted by Gasteiger charge is -2.14. The number of amides is 1. The summed E-state index contributed by atoms with van der Waals surface area (Å²) in [5.74, 6) is 0.844. The standard InChI is InChI=1S/C14H21NO5/c1-10(8-18-2)15-14(17)9-20-13-5-4-12(19-3)6-11(13)7-16/h4-6,10,16H,7-9H2,1-3H3,(H,15,17). The molecule has 0 aliphatic heterocycles. The van der Waals surface area contributed by atoms with Crippen molar-refractivity contribution in [2.24, 2.45) is 0 Å². The molecule has 0 saturated carbocycles. The van der Waals surface area contributed by atoms with Crippen LogP contribution in [0.15, 0.2) is 18.2 Å². The lowest BCUT2D eigenvalue weighted by molar-refractivity contribution is -0.124. The van der Waals surface area contributed by atoms with Gasteiger partial charge in [0.15, 0.2) is 6.61 Å². The average Bonchev–Trinajstić information content (AvgIpc) is 2.45. The number of benzene rings is 1. The molecule has 6 heteroatoms. The predicted octanol–water partition coefficient (Wildman–Crippen LogP) is 0.717. The summed E-state index contributed by atoms with van der Waals surface area (Å²) in [7, 11) is 3.12. The molecule has 6 nitrogen and oxygen atoms in total. The van der Waals surface area contributed by atoms with Crippen molar-refractivity contribution in [1.82, 2.24) is 5.32 Å². The van der Waals surface area contributed by atoms with E-state index >= 15 is 0 Å². The molecule has 1 unspecified atom stereocenters. The first-order valence-corrected chi connectivity index (χ1v) is 6.29. The van der Waals surface area contributed by atoms with Crippen LogP contribution in [-0.2, 0) is 16.1 Å². The smallest absolute Gasteiger partial charge is 0.258 e. The zero-order valence-electron chi connectivity index (χ0n) is 12.0. The molecule has 1 rings (SSSR count). The van der Waals surface area contributed by atoms with Gasteiger partial charge in [-0.25, -0.2) is 0 Å². The Balaban J connectivity index is 2.54. The first-order chi connectivity index (χ1) is 9.60. The van der Waals surface area contributed by atoms with E-state index in [-0.39, 0.29) is 25.2 Å². The SMILES string of the molecule is COCC(C)NC(=O)COc1ccc(OC)cc1CO. The van der Waals surface area contributed by atoms with Crippen LogP contribution in [-0.4, -0.2) is 44.5 Å². The van der Waals surface area contributed by atoms with Gasteiger partial charge in [0, 0.05) is 18.7 Å². The van der Waals surface area contributed by atoms with Crippen LogP contribution >= 0.6 is 0 Å². The first kappa shape index (κ1) is 16.3. The van der Waals surface area contributed by atoms with E-state index in [1.54, 1.807) is 32.4 Å². The normalized spacial score (nSPS) is 11.8. The van der Waals surface area contributed by atoms with Gasteiger partial charge in [0.25, 0.3) is 5.91 Å². The summed E-state index contributed by atoms with van der Waals surface area (Å²) in [6.07, 6.45) is 0. The Hall–Kier alpha value is -1.79. The van der Waals surface area contributed by atoms with Crippen LogP contribution in [0.5, 0.6) is 11.5 Å². The van der Waals surface area contributed by atoms with Crippen LogP contribution < -0.4 is 14.8 Å². The highest BCUT2D eigenvalue weighted by atomic mass is 16.5. The Morgan fingerprint density at radius 1 is 1.40 bits per heavy atom. The van der Waals surface area contributed by atoms with Gasteiger partial charge >= 0.3 is 0 Å². The third kappa shape index (κ3) is 5.07. The van der Waals surface area contributed by atoms with Crippen molar-refractivity contribution in [3.8, 4) is 11.5 Å². The second-order valence-corrected chi connectivity index (χ2v) is 4.34. The quantitative estimate of drug-likeness (QED) is 0.735. The lowest BCUT2D eigenvalue weighted by atomic mass is 10.2. The van der Waals surface area contributed by atoms with Gasteiger partial charge in [-0.15, -0.1) is 0 Å². The van der Waals surface area contributed by atoms with E-state index in [9.17, 15) is 9.90 Å². The van der Waals surface area contributed by atoms with E-state index < -0.39 is 0 Å². The summed E-state index contributed by atoms with van der Waals surface area (Å²) in [5.41, 5.74) is 0.571. The zero-order chi connectivity index (χ0) is 15.0. The first-order valence-electron chi connectivity index (χ1n) is 6.29. The maximum Gasteiger partial charge on any atom is 0.258 e. The molecule has 0 aliphatic rings. The third-order valence-corrected chi connectivity index (χ3v) is 2.62. The summed E-state index contributed by atoms with van der Waals surface area (Å²) in [5, 5.41) is 12.0. The Morgan fingerprint density at radius 2 is 2.15 bits per heavy atom. The molecule has 0 heterocycles. The molecule has 0 fully saturated rings. The number of aliphatic hydroxyl groups is 1. The maximum atomic E-state index is 11.6. The second kappa shape index (κ2) is 8.39. The monoisotopic (exact) mass is 283 g/mol. The predicted molar refractivity (Wildman–Crippen MR) is 73.9 cm³/mol. The average molecular weight is 283 g/mol. The molecule has 2 N–H and O–H groups in total. The van der Waals surface area contributed by atoms with Crippen molar-refractivity contribution < 1.29 is 24.1 Å².